The molecule has 0 spiro atoms. The first-order valence-electron chi connectivity index (χ1n) is 2.39. The van der Waals surface area contributed by atoms with Crippen molar-refractivity contribution in [2.45, 2.75) is 13.5 Å². The summed E-state index contributed by atoms with van der Waals surface area (Å²) in [7, 11) is 0. The van der Waals surface area contributed by atoms with Crippen LogP contribution in [0.4, 0.5) is 0 Å². The summed E-state index contributed by atoms with van der Waals surface area (Å²) in [6.07, 6.45) is 5.53. The molecule has 0 radical (unpaired) electrons. The van der Waals surface area contributed by atoms with E-state index < -0.39 is 0 Å². The van der Waals surface area contributed by atoms with Gasteiger partial charge in [-0.3, -0.25) is 0 Å². The Hall–Kier alpha value is 1.17. The summed E-state index contributed by atoms with van der Waals surface area (Å²) >= 11 is 0. The van der Waals surface area contributed by atoms with Gasteiger partial charge in [0.25, 0.3) is 0 Å². The van der Waals surface area contributed by atoms with E-state index >= 15 is 0 Å². The molecule has 0 bridgehead atoms. The summed E-state index contributed by atoms with van der Waals surface area (Å²) in [5, 5.41) is 0. The second kappa shape index (κ2) is 10.2. The van der Waals surface area contributed by atoms with E-state index in [1.54, 1.807) is 12.5 Å². The second-order valence-electron chi connectivity index (χ2n) is 1.39. The van der Waals surface area contributed by atoms with Crippen molar-refractivity contribution in [1.29, 1.82) is 0 Å². The first-order valence-corrected chi connectivity index (χ1v) is 2.39. The Bertz CT molecular complexity index is 132. The van der Waals surface area contributed by atoms with Gasteiger partial charge >= 0.3 is 59.1 Å². The van der Waals surface area contributed by atoms with Crippen LogP contribution in [-0.2, 0) is 6.54 Å². The van der Waals surface area contributed by atoms with Gasteiger partial charge in [-0.2, -0.15) is 0 Å². The molecular formula is C5H12N2Na2O. The number of rotatable bonds is 1. The maximum atomic E-state index is 3.86. The van der Waals surface area contributed by atoms with Crippen molar-refractivity contribution in [3.63, 3.8) is 0 Å². The average molecular weight is 162 g/mol. The third-order valence-corrected chi connectivity index (χ3v) is 0.924. The SMILES string of the molecule is CCn1ccnc1.O.[NaH].[NaH]. The molecule has 50 valence electrons. The van der Waals surface area contributed by atoms with Gasteiger partial charge in [-0.1, -0.05) is 0 Å². The van der Waals surface area contributed by atoms with Crippen LogP contribution in [0.1, 0.15) is 6.92 Å². The van der Waals surface area contributed by atoms with Gasteiger partial charge in [-0.25, -0.2) is 4.98 Å². The van der Waals surface area contributed by atoms with Crippen molar-refractivity contribution in [1.82, 2.24) is 9.55 Å². The summed E-state index contributed by atoms with van der Waals surface area (Å²) < 4.78 is 2.01. The van der Waals surface area contributed by atoms with Gasteiger partial charge < -0.3 is 10.0 Å². The summed E-state index contributed by atoms with van der Waals surface area (Å²) in [4.78, 5) is 3.86. The number of aryl methyl sites for hydroxylation is 1. The Morgan fingerprint density at radius 1 is 1.40 bits per heavy atom. The molecule has 0 saturated carbocycles. The monoisotopic (exact) mass is 162 g/mol. The quantitative estimate of drug-likeness (QED) is 0.477. The molecule has 1 rings (SSSR count). The Kier molecular flexibility index (Phi) is 17.6. The molecule has 0 fully saturated rings. The molecule has 0 atom stereocenters. The van der Waals surface area contributed by atoms with E-state index in [-0.39, 0.29) is 64.6 Å². The minimum absolute atomic E-state index is 0. The van der Waals surface area contributed by atoms with Crippen LogP contribution in [0.3, 0.4) is 0 Å². The van der Waals surface area contributed by atoms with Gasteiger partial charge in [0.1, 0.15) is 0 Å². The van der Waals surface area contributed by atoms with Crippen molar-refractivity contribution in [2.24, 2.45) is 0 Å². The molecule has 5 heteroatoms. The van der Waals surface area contributed by atoms with Gasteiger partial charge in [-0.15, -0.1) is 0 Å². The van der Waals surface area contributed by atoms with E-state index in [1.807, 2.05) is 10.8 Å². The van der Waals surface area contributed by atoms with Crippen LogP contribution in [-0.4, -0.2) is 74.1 Å². The number of hydrogen-bond acceptors (Lipinski definition) is 1. The molecule has 0 aliphatic heterocycles. The molecule has 3 nitrogen and oxygen atoms in total. The van der Waals surface area contributed by atoms with Crippen molar-refractivity contribution in [3.8, 4) is 0 Å². The van der Waals surface area contributed by atoms with Crippen molar-refractivity contribution in [3.05, 3.63) is 18.7 Å². The molecule has 10 heavy (non-hydrogen) atoms. The van der Waals surface area contributed by atoms with Gasteiger partial charge in [0.15, 0.2) is 0 Å². The standard InChI is InChI=1S/C5H8N2.2Na.H2O.2H/c1-2-7-4-3-6-5-7;;;;;/h3-5H,2H2,1H3;;;1H2;;. The first kappa shape index (κ1) is 17.3. The van der Waals surface area contributed by atoms with Crippen LogP contribution in [0.15, 0.2) is 18.7 Å². The topological polar surface area (TPSA) is 49.3 Å². The van der Waals surface area contributed by atoms with E-state index in [2.05, 4.69) is 11.9 Å². The van der Waals surface area contributed by atoms with Crippen molar-refractivity contribution >= 4 is 59.1 Å². The Morgan fingerprint density at radius 2 is 2.00 bits per heavy atom. The molecular weight excluding hydrogens is 150 g/mol. The molecule has 1 aromatic rings. The third-order valence-electron chi connectivity index (χ3n) is 0.924. The van der Waals surface area contributed by atoms with Crippen LogP contribution >= 0.6 is 0 Å². The molecule has 0 unspecified atom stereocenters. The van der Waals surface area contributed by atoms with Gasteiger partial charge in [0.2, 0.25) is 0 Å². The average Bonchev–Trinajstić information content (AvgIpc) is 2.14. The van der Waals surface area contributed by atoms with Crippen LogP contribution in [0.25, 0.3) is 0 Å². The first-order chi connectivity index (χ1) is 3.43. The van der Waals surface area contributed by atoms with E-state index in [4.69, 9.17) is 0 Å². The Labute approximate surface area is 105 Å². The molecule has 0 aromatic carbocycles. The zero-order chi connectivity index (χ0) is 5.11. The van der Waals surface area contributed by atoms with Gasteiger partial charge in [-0.05, 0) is 6.92 Å². The van der Waals surface area contributed by atoms with Crippen molar-refractivity contribution in [2.75, 3.05) is 0 Å². The van der Waals surface area contributed by atoms with Crippen molar-refractivity contribution < 1.29 is 5.48 Å². The zero-order valence-corrected chi connectivity index (χ0v) is 4.83. The van der Waals surface area contributed by atoms with Crippen LogP contribution < -0.4 is 0 Å². The normalized spacial score (nSPS) is 6.50. The number of nitrogens with zero attached hydrogens (tertiary/aromatic N) is 2. The van der Waals surface area contributed by atoms with Crippen LogP contribution in [0.2, 0.25) is 0 Å². The van der Waals surface area contributed by atoms with E-state index in [0.29, 0.717) is 0 Å². The summed E-state index contributed by atoms with van der Waals surface area (Å²) in [6, 6.07) is 0. The third kappa shape index (κ3) is 5.92. The summed E-state index contributed by atoms with van der Waals surface area (Å²) in [5.74, 6) is 0. The Balaban J connectivity index is -0.000000163. The molecule has 0 aliphatic carbocycles. The molecule has 0 saturated heterocycles. The summed E-state index contributed by atoms with van der Waals surface area (Å²) in [5.41, 5.74) is 0. The predicted molar refractivity (Wildman–Crippen MR) is 45.8 cm³/mol. The number of hydrogen-bond donors (Lipinski definition) is 0. The predicted octanol–water partition coefficient (Wildman–Crippen LogP) is -1.22. The maximum absolute atomic E-state index is 3.86. The van der Waals surface area contributed by atoms with Gasteiger partial charge in [0.05, 0.1) is 6.33 Å². The molecule has 1 aromatic heterocycles. The Morgan fingerprint density at radius 3 is 2.20 bits per heavy atom. The van der Waals surface area contributed by atoms with E-state index in [1.165, 1.54) is 0 Å². The van der Waals surface area contributed by atoms with Gasteiger partial charge in [0, 0.05) is 18.9 Å². The fourth-order valence-corrected chi connectivity index (χ4v) is 0.474. The fraction of sp³-hybridized carbons (Fsp3) is 0.400. The van der Waals surface area contributed by atoms with Crippen LogP contribution in [0, 0.1) is 0 Å². The molecule has 0 amide bonds. The molecule has 1 heterocycles. The van der Waals surface area contributed by atoms with E-state index in [9.17, 15) is 0 Å². The molecule has 0 aliphatic rings. The minimum atomic E-state index is 0. The summed E-state index contributed by atoms with van der Waals surface area (Å²) in [6.45, 7) is 3.10. The molecule has 2 N–H and O–H groups in total. The number of aromatic nitrogens is 2. The van der Waals surface area contributed by atoms with E-state index in [0.717, 1.165) is 6.54 Å². The van der Waals surface area contributed by atoms with Crippen LogP contribution in [0.5, 0.6) is 0 Å². The fourth-order valence-electron chi connectivity index (χ4n) is 0.474. The zero-order valence-electron chi connectivity index (χ0n) is 4.83. The second-order valence-corrected chi connectivity index (χ2v) is 1.39. The number of imidazole rings is 1.